The van der Waals surface area contributed by atoms with Crippen molar-refractivity contribution in [2.45, 2.75) is 24.9 Å². The first-order valence-corrected chi connectivity index (χ1v) is 10.5. The molecule has 1 aliphatic heterocycles. The van der Waals surface area contributed by atoms with Gasteiger partial charge in [0.15, 0.2) is 0 Å². The first-order chi connectivity index (χ1) is 14.1. The van der Waals surface area contributed by atoms with Crippen LogP contribution in [0.25, 0.3) is 10.8 Å². The average molecular weight is 408 g/mol. The second-order valence-electron chi connectivity index (χ2n) is 7.76. The van der Waals surface area contributed by atoms with Gasteiger partial charge < -0.3 is 16.0 Å². The third-order valence-electron chi connectivity index (χ3n) is 5.55. The van der Waals surface area contributed by atoms with Crippen molar-refractivity contribution in [1.29, 1.82) is 0 Å². The molecule has 1 amide bonds. The lowest BCUT2D eigenvalue weighted by Crippen LogP contribution is -2.57. The first kappa shape index (κ1) is 19.9. The number of carbonyl (C=O) groups excluding carboxylic acids is 1. The molecule has 150 valence electrons. The number of piperazine rings is 1. The van der Waals surface area contributed by atoms with E-state index in [0.717, 1.165) is 18.5 Å². The molecular weight excluding hydrogens is 382 g/mol. The van der Waals surface area contributed by atoms with Gasteiger partial charge >= 0.3 is 0 Å². The fourth-order valence-corrected chi connectivity index (χ4v) is 4.13. The van der Waals surface area contributed by atoms with E-state index in [4.69, 9.17) is 17.3 Å². The van der Waals surface area contributed by atoms with Crippen LogP contribution in [0.5, 0.6) is 0 Å². The average Bonchev–Trinajstić information content (AvgIpc) is 2.75. The van der Waals surface area contributed by atoms with Crippen molar-refractivity contribution < 1.29 is 4.79 Å². The SMILES string of the molecule is NC(Cc1ccc(Cl)cc1)C(=O)N1CCNC(Cc2ccc3ccccc3c2)C1. The normalized spacial score (nSPS) is 18.0. The van der Waals surface area contributed by atoms with Gasteiger partial charge in [-0.2, -0.15) is 0 Å². The highest BCUT2D eigenvalue weighted by Crippen LogP contribution is 2.18. The molecule has 29 heavy (non-hydrogen) atoms. The lowest BCUT2D eigenvalue weighted by atomic mass is 9.99. The molecule has 3 aromatic carbocycles. The molecule has 0 aromatic heterocycles. The minimum atomic E-state index is -0.532. The molecule has 3 N–H and O–H groups in total. The fraction of sp³-hybridized carbons (Fsp3) is 0.292. The Balaban J connectivity index is 1.37. The predicted molar refractivity (Wildman–Crippen MR) is 119 cm³/mol. The number of halogens is 1. The molecule has 4 nitrogen and oxygen atoms in total. The van der Waals surface area contributed by atoms with Crippen molar-refractivity contribution in [1.82, 2.24) is 10.2 Å². The van der Waals surface area contributed by atoms with Crippen LogP contribution in [-0.2, 0) is 17.6 Å². The predicted octanol–water partition coefficient (Wildman–Crippen LogP) is 3.41. The maximum absolute atomic E-state index is 12.9. The van der Waals surface area contributed by atoms with E-state index in [2.05, 4.69) is 47.8 Å². The number of carbonyl (C=O) groups is 1. The summed E-state index contributed by atoms with van der Waals surface area (Å²) >= 11 is 5.93. The van der Waals surface area contributed by atoms with Crippen molar-refractivity contribution in [3.05, 3.63) is 82.9 Å². The Morgan fingerprint density at radius 2 is 1.79 bits per heavy atom. The van der Waals surface area contributed by atoms with Crippen LogP contribution in [0.3, 0.4) is 0 Å². The van der Waals surface area contributed by atoms with Crippen LogP contribution in [0, 0.1) is 0 Å². The number of benzene rings is 3. The highest BCUT2D eigenvalue weighted by molar-refractivity contribution is 6.30. The van der Waals surface area contributed by atoms with Gasteiger partial charge in [-0.15, -0.1) is 0 Å². The van der Waals surface area contributed by atoms with E-state index < -0.39 is 6.04 Å². The number of hydrogen-bond donors (Lipinski definition) is 2. The molecule has 1 fully saturated rings. The standard InChI is InChI=1S/C24H26ClN3O/c25-21-9-6-17(7-10-21)15-23(26)24(29)28-12-11-27-22(16-28)14-18-5-8-19-3-1-2-4-20(19)13-18/h1-10,13,22-23,27H,11-12,14-16,26H2. The van der Waals surface area contributed by atoms with Gasteiger partial charge in [0, 0.05) is 30.7 Å². The zero-order chi connectivity index (χ0) is 20.2. The first-order valence-electron chi connectivity index (χ1n) is 10.1. The monoisotopic (exact) mass is 407 g/mol. The Morgan fingerprint density at radius 3 is 2.59 bits per heavy atom. The second-order valence-corrected chi connectivity index (χ2v) is 8.19. The molecule has 1 saturated heterocycles. The zero-order valence-corrected chi connectivity index (χ0v) is 17.1. The van der Waals surface area contributed by atoms with Gasteiger partial charge in [-0.05, 0) is 46.9 Å². The lowest BCUT2D eigenvalue weighted by Gasteiger charge is -2.35. The molecular formula is C24H26ClN3O. The molecule has 1 aliphatic rings. The van der Waals surface area contributed by atoms with Crippen LogP contribution in [0.15, 0.2) is 66.7 Å². The van der Waals surface area contributed by atoms with Gasteiger partial charge in [-0.1, -0.05) is 66.2 Å². The van der Waals surface area contributed by atoms with Crippen molar-refractivity contribution in [3.63, 3.8) is 0 Å². The molecule has 0 bridgehead atoms. The number of nitrogens with zero attached hydrogens (tertiary/aromatic N) is 1. The smallest absolute Gasteiger partial charge is 0.239 e. The van der Waals surface area contributed by atoms with E-state index in [1.807, 2.05) is 29.2 Å². The quantitative estimate of drug-likeness (QED) is 0.681. The van der Waals surface area contributed by atoms with E-state index in [1.165, 1.54) is 16.3 Å². The summed E-state index contributed by atoms with van der Waals surface area (Å²) in [6.45, 7) is 2.17. The number of amides is 1. The van der Waals surface area contributed by atoms with Crippen LogP contribution in [0.4, 0.5) is 0 Å². The summed E-state index contributed by atoms with van der Waals surface area (Å²) in [5, 5.41) is 6.73. The Bertz CT molecular complexity index is 989. The molecule has 2 atom stereocenters. The van der Waals surface area contributed by atoms with Gasteiger partial charge in [0.1, 0.15) is 0 Å². The molecule has 3 aromatic rings. The largest absolute Gasteiger partial charge is 0.338 e. The van der Waals surface area contributed by atoms with E-state index >= 15 is 0 Å². The molecule has 1 heterocycles. The molecule has 0 aliphatic carbocycles. The van der Waals surface area contributed by atoms with Crippen molar-refractivity contribution in [3.8, 4) is 0 Å². The van der Waals surface area contributed by atoms with Gasteiger partial charge in [-0.25, -0.2) is 0 Å². The second kappa shape index (κ2) is 8.95. The summed E-state index contributed by atoms with van der Waals surface area (Å²) in [6.07, 6.45) is 1.41. The zero-order valence-electron chi connectivity index (χ0n) is 16.4. The summed E-state index contributed by atoms with van der Waals surface area (Å²) in [5.74, 6) is 0.0185. The molecule has 0 radical (unpaired) electrons. The lowest BCUT2D eigenvalue weighted by molar-refractivity contribution is -0.133. The van der Waals surface area contributed by atoms with Crippen molar-refractivity contribution >= 4 is 28.3 Å². The highest BCUT2D eigenvalue weighted by Gasteiger charge is 2.27. The van der Waals surface area contributed by atoms with Crippen LogP contribution in [0.1, 0.15) is 11.1 Å². The Labute approximate surface area is 176 Å². The summed E-state index contributed by atoms with van der Waals surface area (Å²) in [7, 11) is 0. The van der Waals surface area contributed by atoms with Gasteiger partial charge in [0.05, 0.1) is 6.04 Å². The van der Waals surface area contributed by atoms with E-state index in [1.54, 1.807) is 0 Å². The van der Waals surface area contributed by atoms with Gasteiger partial charge in [0.2, 0.25) is 5.91 Å². The summed E-state index contributed by atoms with van der Waals surface area (Å²) < 4.78 is 0. The minimum absolute atomic E-state index is 0.0185. The van der Waals surface area contributed by atoms with Gasteiger partial charge in [-0.3, -0.25) is 4.79 Å². The van der Waals surface area contributed by atoms with E-state index in [-0.39, 0.29) is 11.9 Å². The summed E-state index contributed by atoms with van der Waals surface area (Å²) in [6, 6.07) is 22.2. The minimum Gasteiger partial charge on any atom is -0.338 e. The number of rotatable bonds is 5. The Hall–Kier alpha value is -2.40. The van der Waals surface area contributed by atoms with E-state index in [0.29, 0.717) is 24.5 Å². The fourth-order valence-electron chi connectivity index (χ4n) is 4.01. The number of nitrogens with one attached hydrogen (secondary N) is 1. The number of nitrogens with two attached hydrogens (primary N) is 1. The van der Waals surface area contributed by atoms with Crippen LogP contribution in [0.2, 0.25) is 5.02 Å². The molecule has 5 heteroatoms. The Morgan fingerprint density at radius 1 is 1.07 bits per heavy atom. The van der Waals surface area contributed by atoms with E-state index in [9.17, 15) is 4.79 Å². The maximum Gasteiger partial charge on any atom is 0.239 e. The van der Waals surface area contributed by atoms with Crippen molar-refractivity contribution in [2.24, 2.45) is 5.73 Å². The van der Waals surface area contributed by atoms with Crippen LogP contribution < -0.4 is 11.1 Å². The maximum atomic E-state index is 12.9. The van der Waals surface area contributed by atoms with Crippen LogP contribution >= 0.6 is 11.6 Å². The molecule has 0 saturated carbocycles. The van der Waals surface area contributed by atoms with Crippen LogP contribution in [-0.4, -0.2) is 42.5 Å². The summed E-state index contributed by atoms with van der Waals surface area (Å²) in [4.78, 5) is 14.8. The Kier molecular flexibility index (Phi) is 6.14. The topological polar surface area (TPSA) is 58.4 Å². The highest BCUT2D eigenvalue weighted by atomic mass is 35.5. The molecule has 4 rings (SSSR count). The third kappa shape index (κ3) is 4.96. The third-order valence-corrected chi connectivity index (χ3v) is 5.80. The van der Waals surface area contributed by atoms with Gasteiger partial charge in [0.25, 0.3) is 0 Å². The molecule has 2 unspecified atom stereocenters. The molecule has 0 spiro atoms. The number of fused-ring (bicyclic) bond motifs is 1. The number of hydrogen-bond acceptors (Lipinski definition) is 3. The summed E-state index contributed by atoms with van der Waals surface area (Å²) in [5.41, 5.74) is 8.54. The van der Waals surface area contributed by atoms with Crippen molar-refractivity contribution in [2.75, 3.05) is 19.6 Å².